The van der Waals surface area contributed by atoms with E-state index in [4.69, 9.17) is 20.3 Å². The summed E-state index contributed by atoms with van der Waals surface area (Å²) in [6.07, 6.45) is 43.1. The van der Waals surface area contributed by atoms with Crippen molar-refractivity contribution in [3.63, 3.8) is 0 Å². The molecule has 1 aromatic rings. The van der Waals surface area contributed by atoms with Gasteiger partial charge in [-0.2, -0.15) is 0 Å². The van der Waals surface area contributed by atoms with Crippen LogP contribution in [-0.4, -0.2) is 72.8 Å². The van der Waals surface area contributed by atoms with E-state index in [9.17, 15) is 9.59 Å². The van der Waals surface area contributed by atoms with Crippen LogP contribution >= 0.6 is 0 Å². The molecule has 0 saturated heterocycles. The Labute approximate surface area is 400 Å². The number of hydrogen-bond donors (Lipinski definition) is 5. The fourth-order valence-corrected chi connectivity index (χ4v) is 8.09. The van der Waals surface area contributed by atoms with Crippen LogP contribution in [0.25, 0.3) is 0 Å². The molecule has 1 atom stereocenters. The third kappa shape index (κ3) is 40.3. The minimum atomic E-state index is -0.411. The van der Waals surface area contributed by atoms with E-state index in [1.54, 1.807) is 7.05 Å². The van der Waals surface area contributed by atoms with Crippen LogP contribution in [-0.2, 0) is 42.4 Å². The summed E-state index contributed by atoms with van der Waals surface area (Å²) in [5.74, 6) is 0.954. The number of aliphatic hydroxyl groups excluding tert-OH is 1. The number of hydrogen-bond acceptors (Lipinski definition) is 9. The number of nitrogens with one attached hydrogen (secondary N) is 2. The van der Waals surface area contributed by atoms with E-state index in [0.29, 0.717) is 24.5 Å². The second-order valence-corrected chi connectivity index (χ2v) is 17.3. The number of unbranched alkanes of at least 4 members (excludes halogenated alkanes) is 22. The summed E-state index contributed by atoms with van der Waals surface area (Å²) >= 11 is 0. The zero-order chi connectivity index (χ0) is 44.7. The summed E-state index contributed by atoms with van der Waals surface area (Å²) in [5, 5.41) is 30.4. The molecule has 0 amide bonds. The first-order chi connectivity index (χ1) is 29.3. The molecule has 0 saturated carbocycles. The van der Waals surface area contributed by atoms with Gasteiger partial charge in [-0.05, 0) is 64.1 Å². The van der Waals surface area contributed by atoms with Crippen molar-refractivity contribution in [1.29, 1.82) is 0 Å². The molecule has 0 spiro atoms. The Morgan fingerprint density at radius 1 is 0.557 bits per heavy atom. The molecule has 11 heteroatoms. The maximum absolute atomic E-state index is 11.8. The smallest absolute Gasteiger partial charge is 0.290 e. The standard InChI is InChI=1S/C38H73N3O3.C11H24O2.CH2O2.Y/c1-4-6-8-10-13-19-26-34(27-20-14-11-9-7-5-2)28-21-15-12-16-22-30-41(31-23-17-18-24-33-42)32-25-29-40-36-35(39-3)37(43)38(36)44;1-3-5-6-7-8-9-10-11(4-2)13-12;2-1-3;/h34,39-40,42H,4-33H2,1-3H3;11-12H,3-10H2,1-2H3;1H,(H,2,3);. The predicted molar refractivity (Wildman–Crippen MR) is 258 cm³/mol. The van der Waals surface area contributed by atoms with E-state index in [1.807, 2.05) is 6.92 Å². The molecule has 0 heterocycles. The zero-order valence-electron chi connectivity index (χ0n) is 40.6. The van der Waals surface area contributed by atoms with Crippen molar-refractivity contribution in [1.82, 2.24) is 4.90 Å². The van der Waals surface area contributed by atoms with Crippen molar-refractivity contribution >= 4 is 17.8 Å². The Morgan fingerprint density at radius 2 is 0.918 bits per heavy atom. The predicted octanol–water partition coefficient (Wildman–Crippen LogP) is 13.1. The number of aliphatic hydroxyl groups is 1. The van der Waals surface area contributed by atoms with Gasteiger partial charge in [0.25, 0.3) is 17.3 Å². The van der Waals surface area contributed by atoms with Crippen molar-refractivity contribution in [2.45, 2.75) is 246 Å². The normalized spacial score (nSPS) is 11.5. The van der Waals surface area contributed by atoms with Gasteiger partial charge in [0.05, 0.1) is 6.10 Å². The number of carbonyl (C=O) groups is 1. The molecule has 10 nitrogen and oxygen atoms in total. The largest absolute Gasteiger partial charge is 0.483 e. The summed E-state index contributed by atoms with van der Waals surface area (Å²) in [6.45, 7) is 12.9. The SMILES string of the molecule is CCCCCCCCC(CC)OO.CCCCCCCCC(CCCCCCCC)CCCCCCCN(CCCCCCO)CCCNc1c(NC)c(=O)c1=O.O=CO.[Y]. The molecule has 0 bridgehead atoms. The van der Waals surface area contributed by atoms with Gasteiger partial charge in [0, 0.05) is 52.9 Å². The van der Waals surface area contributed by atoms with Crippen LogP contribution in [0.3, 0.4) is 0 Å². The van der Waals surface area contributed by atoms with Crippen LogP contribution in [0.1, 0.15) is 240 Å². The molecular formula is C50H99N3O7Y. The second kappa shape index (κ2) is 51.7. The number of carboxylic acid groups (broad SMARTS) is 1. The molecule has 5 N–H and O–H groups in total. The van der Waals surface area contributed by atoms with E-state index in [2.05, 4.69) is 41.2 Å². The van der Waals surface area contributed by atoms with Gasteiger partial charge in [0.1, 0.15) is 11.4 Å². The topological polar surface area (TPSA) is 148 Å². The molecule has 1 aromatic carbocycles. The molecule has 0 aliphatic carbocycles. The molecule has 1 unspecified atom stereocenters. The van der Waals surface area contributed by atoms with Crippen LogP contribution < -0.4 is 21.5 Å². The summed E-state index contributed by atoms with van der Waals surface area (Å²) in [7, 11) is 1.69. The molecule has 1 radical (unpaired) electrons. The molecule has 0 aliphatic rings. The molecular weight excluding hydrogens is 843 g/mol. The molecule has 0 fully saturated rings. The molecule has 0 aliphatic heterocycles. The zero-order valence-corrected chi connectivity index (χ0v) is 43.4. The van der Waals surface area contributed by atoms with Crippen molar-refractivity contribution in [3.8, 4) is 0 Å². The Morgan fingerprint density at radius 3 is 1.31 bits per heavy atom. The summed E-state index contributed by atoms with van der Waals surface area (Å²) < 4.78 is 0. The minimum absolute atomic E-state index is 0. The average Bonchev–Trinajstić information content (AvgIpc) is 3.26. The van der Waals surface area contributed by atoms with E-state index >= 15 is 0 Å². The van der Waals surface area contributed by atoms with Crippen LogP contribution in [0.4, 0.5) is 11.4 Å². The van der Waals surface area contributed by atoms with Gasteiger partial charge in [0.2, 0.25) is 0 Å². The monoisotopic (exact) mass is 943 g/mol. The molecule has 1 rings (SSSR count). The Bertz CT molecular complexity index is 1070. The molecule has 61 heavy (non-hydrogen) atoms. The fourth-order valence-electron chi connectivity index (χ4n) is 8.09. The number of nitrogens with zero attached hydrogens (tertiary/aromatic N) is 1. The second-order valence-electron chi connectivity index (χ2n) is 17.3. The van der Waals surface area contributed by atoms with E-state index in [0.717, 1.165) is 57.7 Å². The van der Waals surface area contributed by atoms with E-state index in [1.165, 1.54) is 180 Å². The average molecular weight is 943 g/mol. The third-order valence-corrected chi connectivity index (χ3v) is 12.0. The number of anilines is 2. The first kappa shape index (κ1) is 64.4. The van der Waals surface area contributed by atoms with Crippen molar-refractivity contribution in [3.05, 3.63) is 20.4 Å². The van der Waals surface area contributed by atoms with Gasteiger partial charge in [-0.25, -0.2) is 4.89 Å². The minimum Gasteiger partial charge on any atom is -0.483 e. The maximum atomic E-state index is 11.8. The van der Waals surface area contributed by atoms with Gasteiger partial charge in [-0.15, -0.1) is 0 Å². The summed E-state index contributed by atoms with van der Waals surface area (Å²) in [4.78, 5) is 38.7. The first-order valence-corrected chi connectivity index (χ1v) is 25.3. The van der Waals surface area contributed by atoms with E-state index in [-0.39, 0.29) is 45.3 Å². The van der Waals surface area contributed by atoms with Crippen LogP contribution in [0.5, 0.6) is 0 Å². The maximum Gasteiger partial charge on any atom is 0.290 e. The first-order valence-electron chi connectivity index (χ1n) is 25.3. The van der Waals surface area contributed by atoms with Crippen molar-refractivity contribution in [2.75, 3.05) is 50.5 Å². The number of rotatable bonds is 43. The Kier molecular flexibility index (Phi) is 54.6. The van der Waals surface area contributed by atoms with Crippen LogP contribution in [0.15, 0.2) is 9.59 Å². The van der Waals surface area contributed by atoms with E-state index < -0.39 is 10.9 Å². The Balaban J connectivity index is -0.00000167. The molecule has 0 aromatic heterocycles. The third-order valence-electron chi connectivity index (χ3n) is 12.0. The quantitative estimate of drug-likeness (QED) is 0.0141. The summed E-state index contributed by atoms with van der Waals surface area (Å²) in [6, 6.07) is 0. The van der Waals surface area contributed by atoms with Crippen molar-refractivity contribution in [2.24, 2.45) is 5.92 Å². The van der Waals surface area contributed by atoms with Gasteiger partial charge in [-0.3, -0.25) is 19.6 Å². The summed E-state index contributed by atoms with van der Waals surface area (Å²) in [5.41, 5.74) is 0.0676. The van der Waals surface area contributed by atoms with Gasteiger partial charge in [-0.1, -0.05) is 201 Å². The van der Waals surface area contributed by atoms with Crippen LogP contribution in [0, 0.1) is 5.92 Å². The van der Waals surface area contributed by atoms with Gasteiger partial charge < -0.3 is 25.7 Å². The van der Waals surface area contributed by atoms with Crippen LogP contribution in [0.2, 0.25) is 0 Å². The van der Waals surface area contributed by atoms with Gasteiger partial charge >= 0.3 is 0 Å². The fraction of sp³-hybridized carbons (Fsp3) is 0.900. The Hall–Kier alpha value is -0.906. The molecule has 359 valence electrons. The van der Waals surface area contributed by atoms with Gasteiger partial charge in [0.15, 0.2) is 0 Å². The van der Waals surface area contributed by atoms with Crippen molar-refractivity contribution < 1.29 is 57.9 Å².